The van der Waals surface area contributed by atoms with Gasteiger partial charge in [-0.25, -0.2) is 0 Å². The minimum Gasteiger partial charge on any atom is -0.424 e. The van der Waals surface area contributed by atoms with Crippen LogP contribution in [0.15, 0.2) is 21.9 Å². The number of thiophene rings is 1. The summed E-state index contributed by atoms with van der Waals surface area (Å²) in [6, 6.07) is 4.04. The summed E-state index contributed by atoms with van der Waals surface area (Å²) in [5.74, 6) is 1.38. The highest BCUT2D eigenvalue weighted by atomic mass is 35.5. The molecule has 0 aliphatic heterocycles. The van der Waals surface area contributed by atoms with E-state index in [1.807, 2.05) is 17.5 Å². The summed E-state index contributed by atoms with van der Waals surface area (Å²) in [4.78, 5) is 1.21. The first-order valence-corrected chi connectivity index (χ1v) is 5.19. The minimum atomic E-state index is 0.275. The highest BCUT2D eigenvalue weighted by Gasteiger charge is 2.05. The highest BCUT2D eigenvalue weighted by molar-refractivity contribution is 7.09. The van der Waals surface area contributed by atoms with Crippen molar-refractivity contribution in [2.75, 3.05) is 0 Å². The van der Waals surface area contributed by atoms with Crippen molar-refractivity contribution in [1.82, 2.24) is 10.2 Å². The molecule has 0 amide bonds. The molecule has 2 rings (SSSR count). The van der Waals surface area contributed by atoms with E-state index in [2.05, 4.69) is 10.2 Å². The molecule has 0 bridgehead atoms. The first-order valence-electron chi connectivity index (χ1n) is 3.78. The van der Waals surface area contributed by atoms with E-state index < -0.39 is 0 Å². The minimum absolute atomic E-state index is 0.275. The molecule has 2 aromatic heterocycles. The van der Waals surface area contributed by atoms with Crippen LogP contribution in [0.25, 0.3) is 0 Å². The van der Waals surface area contributed by atoms with Gasteiger partial charge in [0.15, 0.2) is 0 Å². The van der Waals surface area contributed by atoms with Crippen molar-refractivity contribution in [2.45, 2.75) is 12.3 Å². The van der Waals surface area contributed by atoms with Gasteiger partial charge in [0.2, 0.25) is 11.8 Å². The second-order valence-corrected chi connectivity index (χ2v) is 3.78. The first kappa shape index (κ1) is 8.72. The lowest BCUT2D eigenvalue weighted by Gasteiger charge is -1.88. The topological polar surface area (TPSA) is 38.9 Å². The molecule has 13 heavy (non-hydrogen) atoms. The average molecular weight is 215 g/mol. The number of nitrogens with zero attached hydrogens (tertiary/aromatic N) is 2. The maximum absolute atomic E-state index is 5.53. The summed E-state index contributed by atoms with van der Waals surface area (Å²) < 4.78 is 5.26. The fraction of sp³-hybridized carbons (Fsp3) is 0.250. The number of aromatic nitrogens is 2. The van der Waals surface area contributed by atoms with E-state index in [4.69, 9.17) is 16.0 Å². The van der Waals surface area contributed by atoms with E-state index in [1.165, 1.54) is 4.88 Å². The van der Waals surface area contributed by atoms with Crippen molar-refractivity contribution in [1.29, 1.82) is 0 Å². The Labute approximate surface area is 84.4 Å². The normalized spacial score (nSPS) is 10.5. The highest BCUT2D eigenvalue weighted by Crippen LogP contribution is 2.14. The molecule has 0 unspecified atom stereocenters. The number of rotatable bonds is 3. The molecular formula is C8H7ClN2OS. The van der Waals surface area contributed by atoms with Crippen LogP contribution in [0, 0.1) is 0 Å². The fourth-order valence-electron chi connectivity index (χ4n) is 0.976. The standard InChI is InChI=1S/C8H7ClN2OS/c9-5-8-11-10-7(12-8)4-6-2-1-3-13-6/h1-3H,4-5H2. The van der Waals surface area contributed by atoms with Gasteiger partial charge in [0.25, 0.3) is 0 Å². The van der Waals surface area contributed by atoms with Crippen LogP contribution < -0.4 is 0 Å². The van der Waals surface area contributed by atoms with Crippen molar-refractivity contribution in [3.8, 4) is 0 Å². The molecule has 0 saturated carbocycles. The summed E-state index contributed by atoms with van der Waals surface area (Å²) in [6.07, 6.45) is 0.696. The maximum atomic E-state index is 5.53. The third-order valence-electron chi connectivity index (χ3n) is 1.53. The van der Waals surface area contributed by atoms with Crippen LogP contribution in [-0.4, -0.2) is 10.2 Å². The monoisotopic (exact) mass is 214 g/mol. The van der Waals surface area contributed by atoms with Crippen LogP contribution in [0.4, 0.5) is 0 Å². The van der Waals surface area contributed by atoms with Crippen molar-refractivity contribution in [3.05, 3.63) is 34.2 Å². The third-order valence-corrected chi connectivity index (χ3v) is 2.63. The number of hydrogen-bond acceptors (Lipinski definition) is 4. The Morgan fingerprint density at radius 3 is 2.85 bits per heavy atom. The Morgan fingerprint density at radius 2 is 2.23 bits per heavy atom. The molecule has 0 saturated heterocycles. The van der Waals surface area contributed by atoms with Gasteiger partial charge in [0, 0.05) is 4.88 Å². The first-order chi connectivity index (χ1) is 6.38. The van der Waals surface area contributed by atoms with Gasteiger partial charge in [-0.1, -0.05) is 6.07 Å². The molecule has 0 N–H and O–H groups in total. The molecule has 0 radical (unpaired) electrons. The van der Waals surface area contributed by atoms with Crippen LogP contribution in [-0.2, 0) is 12.3 Å². The summed E-state index contributed by atoms with van der Waals surface area (Å²) in [6.45, 7) is 0. The quantitative estimate of drug-likeness (QED) is 0.737. The zero-order chi connectivity index (χ0) is 9.10. The fourth-order valence-corrected chi connectivity index (χ4v) is 1.78. The molecule has 0 aliphatic carbocycles. The average Bonchev–Trinajstić information content (AvgIpc) is 2.76. The Hall–Kier alpha value is -0.870. The molecule has 0 fully saturated rings. The largest absolute Gasteiger partial charge is 0.424 e. The van der Waals surface area contributed by atoms with Gasteiger partial charge in [-0.05, 0) is 11.4 Å². The van der Waals surface area contributed by atoms with E-state index >= 15 is 0 Å². The molecular weight excluding hydrogens is 208 g/mol. The van der Waals surface area contributed by atoms with E-state index in [1.54, 1.807) is 11.3 Å². The van der Waals surface area contributed by atoms with Gasteiger partial charge in [0.05, 0.1) is 6.42 Å². The lowest BCUT2D eigenvalue weighted by atomic mass is 10.3. The predicted molar refractivity (Wildman–Crippen MR) is 51.0 cm³/mol. The summed E-state index contributed by atoms with van der Waals surface area (Å²) >= 11 is 7.20. The molecule has 2 aromatic rings. The molecule has 0 aliphatic rings. The Kier molecular flexibility index (Phi) is 2.61. The number of alkyl halides is 1. The van der Waals surface area contributed by atoms with Gasteiger partial charge >= 0.3 is 0 Å². The van der Waals surface area contributed by atoms with Gasteiger partial charge in [-0.2, -0.15) is 0 Å². The zero-order valence-corrected chi connectivity index (χ0v) is 8.31. The third kappa shape index (κ3) is 2.08. The molecule has 2 heterocycles. The molecule has 0 atom stereocenters. The Bertz CT molecular complexity index is 371. The summed E-state index contributed by atoms with van der Waals surface area (Å²) in [5, 5.41) is 9.66. The van der Waals surface area contributed by atoms with E-state index in [-0.39, 0.29) is 5.88 Å². The lowest BCUT2D eigenvalue weighted by Crippen LogP contribution is -1.83. The zero-order valence-electron chi connectivity index (χ0n) is 6.74. The number of hydrogen-bond donors (Lipinski definition) is 0. The van der Waals surface area contributed by atoms with Gasteiger partial charge < -0.3 is 4.42 Å². The lowest BCUT2D eigenvalue weighted by molar-refractivity contribution is 0.474. The predicted octanol–water partition coefficient (Wildman–Crippen LogP) is 2.46. The van der Waals surface area contributed by atoms with Crippen LogP contribution in [0.2, 0.25) is 0 Å². The summed E-state index contributed by atoms with van der Waals surface area (Å²) in [7, 11) is 0. The van der Waals surface area contributed by atoms with Crippen LogP contribution >= 0.6 is 22.9 Å². The van der Waals surface area contributed by atoms with Crippen molar-refractivity contribution >= 4 is 22.9 Å². The van der Waals surface area contributed by atoms with Gasteiger partial charge in [0.1, 0.15) is 5.88 Å². The SMILES string of the molecule is ClCc1nnc(Cc2cccs2)o1. The smallest absolute Gasteiger partial charge is 0.231 e. The summed E-state index contributed by atoms with van der Waals surface area (Å²) in [5.41, 5.74) is 0. The van der Waals surface area contributed by atoms with Gasteiger partial charge in [-0.15, -0.1) is 33.1 Å². The molecule has 68 valence electrons. The Morgan fingerprint density at radius 1 is 1.38 bits per heavy atom. The van der Waals surface area contributed by atoms with Crippen molar-refractivity contribution in [3.63, 3.8) is 0 Å². The van der Waals surface area contributed by atoms with Gasteiger partial charge in [-0.3, -0.25) is 0 Å². The Balaban J connectivity index is 2.10. The van der Waals surface area contributed by atoms with Crippen molar-refractivity contribution < 1.29 is 4.42 Å². The maximum Gasteiger partial charge on any atom is 0.231 e. The molecule has 5 heteroatoms. The van der Waals surface area contributed by atoms with E-state index in [0.29, 0.717) is 18.2 Å². The second kappa shape index (κ2) is 3.89. The van der Waals surface area contributed by atoms with E-state index in [0.717, 1.165) is 0 Å². The molecule has 0 spiro atoms. The van der Waals surface area contributed by atoms with E-state index in [9.17, 15) is 0 Å². The molecule has 3 nitrogen and oxygen atoms in total. The van der Waals surface area contributed by atoms with Crippen LogP contribution in [0.3, 0.4) is 0 Å². The molecule has 0 aromatic carbocycles. The second-order valence-electron chi connectivity index (χ2n) is 2.48. The van der Waals surface area contributed by atoms with Crippen molar-refractivity contribution in [2.24, 2.45) is 0 Å². The number of halogens is 1. The van der Waals surface area contributed by atoms with Crippen LogP contribution in [0.1, 0.15) is 16.7 Å². The van der Waals surface area contributed by atoms with Crippen LogP contribution in [0.5, 0.6) is 0 Å².